The Bertz CT molecular complexity index is 440. The molecule has 2 rings (SSSR count). The number of nitriles is 1. The number of Topliss-reactive ketones (excluding diaryl/α,β-unsaturated/α-hetero) is 1. The molecule has 3 nitrogen and oxygen atoms in total. The van der Waals surface area contributed by atoms with Crippen LogP contribution in [0.4, 0.5) is 5.69 Å². The normalized spacial score (nSPS) is 14.4. The molecular weight excluding hydrogens is 164 g/mol. The van der Waals surface area contributed by atoms with Crippen LogP contribution in [-0.4, -0.2) is 11.5 Å². The van der Waals surface area contributed by atoms with E-state index in [0.717, 1.165) is 11.3 Å². The molecule has 0 radical (unpaired) electrons. The number of benzene rings is 1. The van der Waals surface area contributed by atoms with Crippen molar-refractivity contribution in [3.05, 3.63) is 29.8 Å². The first-order valence-corrected chi connectivity index (χ1v) is 3.91. The van der Waals surface area contributed by atoms with Gasteiger partial charge in [0.2, 0.25) is 0 Å². The maximum absolute atomic E-state index is 11.2. The molecule has 0 spiro atoms. The number of hydrogen-bond donors (Lipinski definition) is 0. The van der Waals surface area contributed by atoms with Gasteiger partial charge in [-0.1, -0.05) is 18.2 Å². The molecule has 1 aliphatic heterocycles. The number of fused-ring (bicyclic) bond motifs is 1. The highest BCUT2D eigenvalue weighted by Crippen LogP contribution is 2.23. The molecule has 1 aliphatic rings. The van der Waals surface area contributed by atoms with Gasteiger partial charge in [-0.2, -0.15) is 5.26 Å². The Morgan fingerprint density at radius 3 is 2.92 bits per heavy atom. The number of aliphatic imine (C=N–C) groups is 1. The molecule has 1 aromatic carbocycles. The Labute approximate surface area is 75.3 Å². The molecule has 0 aromatic heterocycles. The van der Waals surface area contributed by atoms with Crippen LogP contribution >= 0.6 is 0 Å². The van der Waals surface area contributed by atoms with Crippen LogP contribution in [0.15, 0.2) is 29.3 Å². The Kier molecular flexibility index (Phi) is 1.67. The molecule has 62 valence electrons. The highest BCUT2D eigenvalue weighted by Gasteiger charge is 2.18. The van der Waals surface area contributed by atoms with E-state index < -0.39 is 0 Å². The third-order valence-electron chi connectivity index (χ3n) is 1.94. The Morgan fingerprint density at radius 1 is 1.38 bits per heavy atom. The van der Waals surface area contributed by atoms with Crippen molar-refractivity contribution < 1.29 is 4.79 Å². The Balaban J connectivity index is 2.58. The van der Waals surface area contributed by atoms with Gasteiger partial charge in [0.05, 0.1) is 5.69 Å². The molecule has 13 heavy (non-hydrogen) atoms. The van der Waals surface area contributed by atoms with Crippen LogP contribution in [-0.2, 0) is 11.2 Å². The summed E-state index contributed by atoms with van der Waals surface area (Å²) in [5, 5.41) is 8.59. The van der Waals surface area contributed by atoms with Crippen molar-refractivity contribution >= 4 is 17.2 Å². The minimum atomic E-state index is -0.193. The quantitative estimate of drug-likeness (QED) is 0.591. The predicted molar refractivity (Wildman–Crippen MR) is 47.9 cm³/mol. The fraction of sp³-hybridized carbons (Fsp3) is 0.100. The average molecular weight is 170 g/mol. The first kappa shape index (κ1) is 7.69. The third-order valence-corrected chi connectivity index (χ3v) is 1.94. The molecule has 0 atom stereocenters. The molecule has 0 N–H and O–H groups in total. The number of carbonyl (C=O) groups excluding carboxylic acids is 1. The molecular formula is C10H6N2O. The molecule has 0 fully saturated rings. The van der Waals surface area contributed by atoms with Crippen LogP contribution in [0.25, 0.3) is 0 Å². The lowest BCUT2D eigenvalue weighted by molar-refractivity contribution is -0.112. The molecule has 0 aliphatic carbocycles. The number of rotatable bonds is 0. The van der Waals surface area contributed by atoms with Crippen LogP contribution in [0.2, 0.25) is 0 Å². The zero-order valence-corrected chi connectivity index (χ0v) is 6.82. The average Bonchev–Trinajstić information content (AvgIpc) is 2.17. The molecule has 1 heterocycles. The molecule has 0 unspecified atom stereocenters. The van der Waals surface area contributed by atoms with E-state index in [4.69, 9.17) is 5.26 Å². The fourth-order valence-electron chi connectivity index (χ4n) is 1.30. The van der Waals surface area contributed by atoms with Gasteiger partial charge in [0.1, 0.15) is 6.07 Å². The van der Waals surface area contributed by atoms with Crippen molar-refractivity contribution in [3.8, 4) is 6.07 Å². The van der Waals surface area contributed by atoms with Gasteiger partial charge >= 0.3 is 0 Å². The first-order valence-electron chi connectivity index (χ1n) is 3.91. The summed E-state index contributed by atoms with van der Waals surface area (Å²) in [5.41, 5.74) is 1.64. The standard InChI is InChI=1S/C10H6N2O/c11-6-9-10(13)5-7-3-1-2-4-8(7)12-9/h1-4H,5H2. The fourth-order valence-corrected chi connectivity index (χ4v) is 1.30. The lowest BCUT2D eigenvalue weighted by Crippen LogP contribution is -2.18. The van der Waals surface area contributed by atoms with Gasteiger partial charge in [-0.3, -0.25) is 4.79 Å². The van der Waals surface area contributed by atoms with E-state index in [1.807, 2.05) is 18.2 Å². The second-order valence-electron chi connectivity index (χ2n) is 2.80. The second kappa shape index (κ2) is 2.83. The van der Waals surface area contributed by atoms with Gasteiger partial charge in [-0.05, 0) is 11.6 Å². The molecule has 0 amide bonds. The minimum absolute atomic E-state index is 0.0127. The topological polar surface area (TPSA) is 53.2 Å². The summed E-state index contributed by atoms with van der Waals surface area (Å²) in [5.74, 6) is -0.193. The van der Waals surface area contributed by atoms with Gasteiger partial charge in [0, 0.05) is 6.42 Å². The number of ketones is 1. The number of hydrogen-bond acceptors (Lipinski definition) is 3. The highest BCUT2D eigenvalue weighted by molar-refractivity contribution is 6.47. The molecule has 1 aromatic rings. The van der Waals surface area contributed by atoms with E-state index in [9.17, 15) is 4.79 Å². The Hall–Kier alpha value is -1.95. The Morgan fingerprint density at radius 2 is 2.15 bits per heavy atom. The molecule has 3 heteroatoms. The van der Waals surface area contributed by atoms with Gasteiger partial charge in [-0.15, -0.1) is 0 Å². The first-order chi connectivity index (χ1) is 6.31. The number of nitrogens with zero attached hydrogens (tertiary/aromatic N) is 2. The summed E-state index contributed by atoms with van der Waals surface area (Å²) >= 11 is 0. The van der Waals surface area contributed by atoms with Crippen molar-refractivity contribution in [1.82, 2.24) is 0 Å². The van der Waals surface area contributed by atoms with Crippen LogP contribution in [0, 0.1) is 11.3 Å². The summed E-state index contributed by atoms with van der Waals surface area (Å²) in [6.07, 6.45) is 0.294. The van der Waals surface area contributed by atoms with Gasteiger partial charge < -0.3 is 0 Å². The highest BCUT2D eigenvalue weighted by atomic mass is 16.1. The van der Waals surface area contributed by atoms with Crippen LogP contribution < -0.4 is 0 Å². The van der Waals surface area contributed by atoms with Crippen molar-refractivity contribution in [2.45, 2.75) is 6.42 Å². The van der Waals surface area contributed by atoms with Gasteiger partial charge in [0.15, 0.2) is 11.5 Å². The van der Waals surface area contributed by atoms with Crippen molar-refractivity contribution in [1.29, 1.82) is 5.26 Å². The van der Waals surface area contributed by atoms with Gasteiger partial charge in [-0.25, -0.2) is 4.99 Å². The van der Waals surface area contributed by atoms with E-state index in [0.29, 0.717) is 6.42 Å². The van der Waals surface area contributed by atoms with E-state index in [-0.39, 0.29) is 11.5 Å². The summed E-state index contributed by atoms with van der Waals surface area (Å²) in [6, 6.07) is 9.15. The van der Waals surface area contributed by atoms with E-state index in [1.54, 1.807) is 12.1 Å². The van der Waals surface area contributed by atoms with E-state index >= 15 is 0 Å². The summed E-state index contributed by atoms with van der Waals surface area (Å²) in [6.45, 7) is 0. The van der Waals surface area contributed by atoms with Crippen LogP contribution in [0.1, 0.15) is 5.56 Å². The summed E-state index contributed by atoms with van der Waals surface area (Å²) < 4.78 is 0. The smallest absolute Gasteiger partial charge is 0.196 e. The largest absolute Gasteiger partial charge is 0.291 e. The monoisotopic (exact) mass is 170 g/mol. The molecule has 0 saturated heterocycles. The second-order valence-corrected chi connectivity index (χ2v) is 2.80. The maximum atomic E-state index is 11.2. The van der Waals surface area contributed by atoms with Crippen molar-refractivity contribution in [2.24, 2.45) is 4.99 Å². The molecule has 0 bridgehead atoms. The number of carbonyl (C=O) groups is 1. The number of para-hydroxylation sites is 1. The SMILES string of the molecule is N#CC1=Nc2ccccc2CC1=O. The maximum Gasteiger partial charge on any atom is 0.196 e. The predicted octanol–water partition coefficient (Wildman–Crippen LogP) is 1.41. The van der Waals surface area contributed by atoms with Crippen molar-refractivity contribution in [2.75, 3.05) is 0 Å². The summed E-state index contributed by atoms with van der Waals surface area (Å²) in [7, 11) is 0. The lowest BCUT2D eigenvalue weighted by atomic mass is 10.0. The summed E-state index contributed by atoms with van der Waals surface area (Å²) in [4.78, 5) is 15.2. The minimum Gasteiger partial charge on any atom is -0.291 e. The van der Waals surface area contributed by atoms with Crippen molar-refractivity contribution in [3.63, 3.8) is 0 Å². The van der Waals surface area contributed by atoms with E-state index in [1.165, 1.54) is 0 Å². The lowest BCUT2D eigenvalue weighted by Gasteiger charge is -2.09. The zero-order chi connectivity index (χ0) is 9.26. The van der Waals surface area contributed by atoms with Gasteiger partial charge in [0.25, 0.3) is 0 Å². The third kappa shape index (κ3) is 1.23. The van der Waals surface area contributed by atoms with Crippen LogP contribution in [0.5, 0.6) is 0 Å². The van der Waals surface area contributed by atoms with Crippen LogP contribution in [0.3, 0.4) is 0 Å². The van der Waals surface area contributed by atoms with E-state index in [2.05, 4.69) is 4.99 Å². The zero-order valence-electron chi connectivity index (χ0n) is 6.82. The molecule has 0 saturated carbocycles.